The molecule has 0 saturated carbocycles. The first kappa shape index (κ1) is 23.4. The van der Waals surface area contributed by atoms with Crippen molar-refractivity contribution in [2.24, 2.45) is 0 Å². The molecule has 0 aliphatic carbocycles. The highest BCUT2D eigenvalue weighted by molar-refractivity contribution is 7.17. The summed E-state index contributed by atoms with van der Waals surface area (Å²) in [4.78, 5) is 29.1. The maximum absolute atomic E-state index is 15.0. The quantitative estimate of drug-likeness (QED) is 0.451. The minimum Gasteiger partial charge on any atom is -0.462 e. The Morgan fingerprint density at radius 3 is 2.31 bits per heavy atom. The number of nitrogens with zero attached hydrogens (tertiary/aromatic N) is 1. The van der Waals surface area contributed by atoms with E-state index < -0.39 is 17.8 Å². The zero-order valence-corrected chi connectivity index (χ0v) is 19.2. The van der Waals surface area contributed by atoms with Crippen LogP contribution >= 0.6 is 11.3 Å². The number of ether oxygens (including phenoxy) is 2. The minimum atomic E-state index is -0.438. The zero-order chi connectivity index (χ0) is 23.3. The Bertz CT molecular complexity index is 1110. The average Bonchev–Trinajstić information content (AvgIpc) is 3.24. The maximum Gasteiger partial charge on any atom is 0.350 e. The summed E-state index contributed by atoms with van der Waals surface area (Å²) in [6, 6.07) is 11.6. The van der Waals surface area contributed by atoms with Crippen LogP contribution in [0.1, 0.15) is 58.0 Å². The molecule has 3 rings (SSSR count). The highest BCUT2D eigenvalue weighted by atomic mass is 32.1. The van der Waals surface area contributed by atoms with E-state index in [0.717, 1.165) is 0 Å². The minimum absolute atomic E-state index is 0.262. The lowest BCUT2D eigenvalue weighted by Gasteiger charge is -2.13. The fraction of sp³-hybridized carbons (Fsp3) is 0.292. The Kier molecular flexibility index (Phi) is 7.58. The van der Waals surface area contributed by atoms with Gasteiger partial charge in [-0.15, -0.1) is 0 Å². The third-order valence-corrected chi connectivity index (χ3v) is 6.01. The van der Waals surface area contributed by atoms with Crippen molar-refractivity contribution >= 4 is 28.4 Å². The summed E-state index contributed by atoms with van der Waals surface area (Å²) in [6.45, 7) is 5.92. The standard InChI is InChI=1S/C24H25FN2O4S/c1-5-30-22(28)16-9-7-15(8-10-16)18-12-11-17(13-19(18)25)14(3)20-21(23(29)31-6-2)32-24(26-4)27-20/h7-14H,5-6H2,1-4H3,(H,26,27). The number of hydrogen-bond acceptors (Lipinski definition) is 7. The highest BCUT2D eigenvalue weighted by Crippen LogP contribution is 2.34. The Hall–Kier alpha value is -3.26. The molecule has 8 heteroatoms. The van der Waals surface area contributed by atoms with Crippen LogP contribution in [-0.4, -0.2) is 37.2 Å². The molecule has 0 radical (unpaired) electrons. The normalized spacial score (nSPS) is 11.7. The van der Waals surface area contributed by atoms with Gasteiger partial charge in [-0.2, -0.15) is 0 Å². The topological polar surface area (TPSA) is 77.5 Å². The second-order valence-electron chi connectivity index (χ2n) is 6.96. The van der Waals surface area contributed by atoms with Crippen LogP contribution in [0.25, 0.3) is 11.1 Å². The first-order valence-electron chi connectivity index (χ1n) is 10.3. The number of carbonyl (C=O) groups excluding carboxylic acids is 2. The monoisotopic (exact) mass is 456 g/mol. The number of thiazole rings is 1. The molecule has 168 valence electrons. The number of rotatable bonds is 8. The SMILES string of the molecule is CCOC(=O)c1ccc(-c2ccc(C(C)c3nc(NC)sc3C(=O)OCC)cc2F)cc1. The molecule has 0 bridgehead atoms. The van der Waals surface area contributed by atoms with Gasteiger partial charge < -0.3 is 14.8 Å². The number of aromatic nitrogens is 1. The molecule has 1 atom stereocenters. The number of halogens is 1. The lowest BCUT2D eigenvalue weighted by molar-refractivity contribution is 0.0518. The van der Waals surface area contributed by atoms with Crippen molar-refractivity contribution in [3.05, 3.63) is 70.0 Å². The van der Waals surface area contributed by atoms with Crippen molar-refractivity contribution in [1.29, 1.82) is 0 Å². The molecule has 1 aromatic heterocycles. The number of esters is 2. The summed E-state index contributed by atoms with van der Waals surface area (Å²) in [7, 11) is 1.73. The summed E-state index contributed by atoms with van der Waals surface area (Å²) in [6.07, 6.45) is 0. The lowest BCUT2D eigenvalue weighted by atomic mass is 9.94. The van der Waals surface area contributed by atoms with E-state index in [1.54, 1.807) is 51.2 Å². The van der Waals surface area contributed by atoms with Crippen molar-refractivity contribution in [3.8, 4) is 11.1 Å². The van der Waals surface area contributed by atoms with Crippen LogP contribution in [0, 0.1) is 5.82 Å². The second kappa shape index (κ2) is 10.4. The van der Waals surface area contributed by atoms with Crippen LogP contribution in [0.2, 0.25) is 0 Å². The summed E-state index contributed by atoms with van der Waals surface area (Å²) in [5.41, 5.74) is 2.71. The maximum atomic E-state index is 15.0. The van der Waals surface area contributed by atoms with Gasteiger partial charge in [0.2, 0.25) is 0 Å². The van der Waals surface area contributed by atoms with Crippen LogP contribution < -0.4 is 5.32 Å². The Morgan fingerprint density at radius 2 is 1.72 bits per heavy atom. The van der Waals surface area contributed by atoms with E-state index in [0.29, 0.717) is 44.6 Å². The van der Waals surface area contributed by atoms with Crippen molar-refractivity contribution in [3.63, 3.8) is 0 Å². The van der Waals surface area contributed by atoms with E-state index in [1.807, 2.05) is 13.0 Å². The van der Waals surface area contributed by atoms with Gasteiger partial charge in [0.25, 0.3) is 0 Å². The number of hydrogen-bond donors (Lipinski definition) is 1. The third-order valence-electron chi connectivity index (χ3n) is 4.94. The molecule has 2 aromatic carbocycles. The molecule has 0 aliphatic heterocycles. The highest BCUT2D eigenvalue weighted by Gasteiger charge is 2.25. The predicted octanol–water partition coefficient (Wildman–Crippen LogP) is 5.50. The lowest BCUT2D eigenvalue weighted by Crippen LogP contribution is -2.08. The molecule has 0 amide bonds. The average molecular weight is 457 g/mol. The van der Waals surface area contributed by atoms with E-state index in [4.69, 9.17) is 9.47 Å². The van der Waals surface area contributed by atoms with Crippen LogP contribution in [0.4, 0.5) is 9.52 Å². The fourth-order valence-electron chi connectivity index (χ4n) is 3.27. The van der Waals surface area contributed by atoms with E-state index in [9.17, 15) is 9.59 Å². The molecule has 3 aromatic rings. The summed E-state index contributed by atoms with van der Waals surface area (Å²) >= 11 is 1.21. The summed E-state index contributed by atoms with van der Waals surface area (Å²) < 4.78 is 25.2. The third kappa shape index (κ3) is 4.96. The van der Waals surface area contributed by atoms with Gasteiger partial charge in [-0.05, 0) is 43.2 Å². The van der Waals surface area contributed by atoms with Gasteiger partial charge in [-0.25, -0.2) is 19.0 Å². The predicted molar refractivity (Wildman–Crippen MR) is 123 cm³/mol. The Balaban J connectivity index is 1.89. The smallest absolute Gasteiger partial charge is 0.350 e. The Labute approximate surface area is 190 Å². The van der Waals surface area contributed by atoms with Gasteiger partial charge in [0.05, 0.1) is 24.5 Å². The number of benzene rings is 2. The first-order valence-corrected chi connectivity index (χ1v) is 11.1. The van der Waals surface area contributed by atoms with Crippen LogP contribution in [0.3, 0.4) is 0 Å². The number of carbonyl (C=O) groups is 2. The zero-order valence-electron chi connectivity index (χ0n) is 18.4. The van der Waals surface area contributed by atoms with E-state index in [-0.39, 0.29) is 12.5 Å². The fourth-order valence-corrected chi connectivity index (χ4v) is 4.18. The molecule has 0 saturated heterocycles. The summed E-state index contributed by atoms with van der Waals surface area (Å²) in [5.74, 6) is -1.57. The molecule has 1 unspecified atom stereocenters. The van der Waals surface area contributed by atoms with E-state index in [2.05, 4.69) is 10.3 Å². The van der Waals surface area contributed by atoms with Crippen molar-refractivity contribution < 1.29 is 23.5 Å². The molecule has 1 heterocycles. The summed E-state index contributed by atoms with van der Waals surface area (Å²) in [5, 5.41) is 3.54. The molecular weight excluding hydrogens is 431 g/mol. The molecule has 32 heavy (non-hydrogen) atoms. The van der Waals surface area contributed by atoms with Gasteiger partial charge in [-0.3, -0.25) is 0 Å². The largest absolute Gasteiger partial charge is 0.462 e. The van der Waals surface area contributed by atoms with Gasteiger partial charge in [-0.1, -0.05) is 42.5 Å². The van der Waals surface area contributed by atoms with Crippen LogP contribution in [0.15, 0.2) is 42.5 Å². The van der Waals surface area contributed by atoms with Gasteiger partial charge in [0, 0.05) is 18.5 Å². The Morgan fingerprint density at radius 1 is 1.06 bits per heavy atom. The number of nitrogens with one attached hydrogen (secondary N) is 1. The van der Waals surface area contributed by atoms with Gasteiger partial charge >= 0.3 is 11.9 Å². The molecule has 0 aliphatic rings. The molecule has 0 spiro atoms. The van der Waals surface area contributed by atoms with E-state index >= 15 is 4.39 Å². The first-order chi connectivity index (χ1) is 15.4. The number of anilines is 1. The molecule has 6 nitrogen and oxygen atoms in total. The molecule has 0 fully saturated rings. The molecular formula is C24H25FN2O4S. The van der Waals surface area contributed by atoms with E-state index in [1.165, 1.54) is 17.4 Å². The van der Waals surface area contributed by atoms with Crippen molar-refractivity contribution in [2.45, 2.75) is 26.7 Å². The van der Waals surface area contributed by atoms with Crippen LogP contribution in [0.5, 0.6) is 0 Å². The van der Waals surface area contributed by atoms with Crippen LogP contribution in [-0.2, 0) is 9.47 Å². The molecule has 1 N–H and O–H groups in total. The van der Waals surface area contributed by atoms with Crippen molar-refractivity contribution in [1.82, 2.24) is 4.98 Å². The van der Waals surface area contributed by atoms with Gasteiger partial charge in [0.1, 0.15) is 10.7 Å². The van der Waals surface area contributed by atoms with Crippen molar-refractivity contribution in [2.75, 3.05) is 25.6 Å². The van der Waals surface area contributed by atoms with Gasteiger partial charge in [0.15, 0.2) is 5.13 Å². The second-order valence-corrected chi connectivity index (χ2v) is 7.96.